The average Bonchev–Trinajstić information content (AvgIpc) is 2.96. The monoisotopic (exact) mass is 388 g/mol. The van der Waals surface area contributed by atoms with Gasteiger partial charge in [0.15, 0.2) is 0 Å². The van der Waals surface area contributed by atoms with Gasteiger partial charge in [-0.2, -0.15) is 0 Å². The molecule has 0 aromatic rings. The van der Waals surface area contributed by atoms with Crippen LogP contribution in [0.15, 0.2) is 17.3 Å². The SMILES string of the molecule is C=C1C[C@H]2[C@@H]3CCC(=O)[C@@]3(C)CC[C@@H]2[C@@]2(C)CCC(=NOCCNC)C[C@]12O. The Morgan fingerprint density at radius 3 is 2.79 bits per heavy atom. The van der Waals surface area contributed by atoms with E-state index in [1.165, 1.54) is 0 Å². The number of carbonyl (C=O) groups excluding carboxylic acids is 1. The van der Waals surface area contributed by atoms with Gasteiger partial charge in [-0.25, -0.2) is 0 Å². The number of likely N-dealkylation sites (N-methyl/N-ethyl adjacent to an activating group) is 1. The van der Waals surface area contributed by atoms with Gasteiger partial charge in [0, 0.05) is 30.2 Å². The van der Waals surface area contributed by atoms with Gasteiger partial charge >= 0.3 is 0 Å². The largest absolute Gasteiger partial charge is 0.394 e. The van der Waals surface area contributed by atoms with Crippen molar-refractivity contribution in [1.29, 1.82) is 0 Å². The molecule has 4 rings (SSSR count). The number of fused-ring (bicyclic) bond motifs is 5. The standard InChI is InChI=1S/C23H36N2O3/c1-15-13-17-18-5-6-20(26)21(18,2)9-8-19(17)22(3)10-7-16(14-23(15,22)27)25-28-12-11-24-4/h17-19,24,27H,1,5-14H2,2-4H3/t17-,18-,19-,21-,22+,23-/m0/s1. The summed E-state index contributed by atoms with van der Waals surface area (Å²) in [5.74, 6) is 1.85. The minimum absolute atomic E-state index is 0.143. The van der Waals surface area contributed by atoms with Gasteiger partial charge in [-0.3, -0.25) is 4.79 Å². The molecule has 4 fully saturated rings. The fraction of sp³-hybridized carbons (Fsp3) is 0.826. The summed E-state index contributed by atoms with van der Waals surface area (Å²) in [7, 11) is 1.89. The normalized spacial score (nSPS) is 46.9. The van der Waals surface area contributed by atoms with Crippen molar-refractivity contribution in [2.75, 3.05) is 20.2 Å². The van der Waals surface area contributed by atoms with Gasteiger partial charge in [0.1, 0.15) is 12.4 Å². The number of rotatable bonds is 4. The van der Waals surface area contributed by atoms with Crippen LogP contribution in [0.4, 0.5) is 0 Å². The molecule has 4 saturated carbocycles. The van der Waals surface area contributed by atoms with Crippen molar-refractivity contribution >= 4 is 11.5 Å². The molecule has 0 heterocycles. The fourth-order valence-electron chi connectivity index (χ4n) is 7.17. The van der Waals surface area contributed by atoms with E-state index in [9.17, 15) is 9.90 Å². The van der Waals surface area contributed by atoms with Crippen LogP contribution in [0.5, 0.6) is 0 Å². The molecule has 2 N–H and O–H groups in total. The molecule has 0 aromatic heterocycles. The van der Waals surface area contributed by atoms with Crippen LogP contribution in [0, 0.1) is 28.6 Å². The van der Waals surface area contributed by atoms with E-state index in [1.54, 1.807) is 0 Å². The van der Waals surface area contributed by atoms with E-state index < -0.39 is 5.60 Å². The van der Waals surface area contributed by atoms with Crippen molar-refractivity contribution in [1.82, 2.24) is 5.32 Å². The van der Waals surface area contributed by atoms with E-state index in [-0.39, 0.29) is 10.8 Å². The molecular weight excluding hydrogens is 352 g/mol. The van der Waals surface area contributed by atoms with Crippen molar-refractivity contribution in [3.05, 3.63) is 12.2 Å². The molecule has 0 aliphatic heterocycles. The number of Topliss-reactive ketones (excluding diaryl/α,β-unsaturated/α-hetero) is 1. The second-order valence-electron chi connectivity index (χ2n) is 10.2. The van der Waals surface area contributed by atoms with E-state index in [4.69, 9.17) is 4.84 Å². The lowest BCUT2D eigenvalue weighted by Crippen LogP contribution is -2.63. The first-order valence-electron chi connectivity index (χ1n) is 11.0. The van der Waals surface area contributed by atoms with Crippen LogP contribution < -0.4 is 5.32 Å². The Labute approximate surface area is 169 Å². The zero-order chi connectivity index (χ0) is 20.2. The lowest BCUT2D eigenvalue weighted by Gasteiger charge is -2.63. The Morgan fingerprint density at radius 1 is 1.25 bits per heavy atom. The van der Waals surface area contributed by atoms with Gasteiger partial charge in [0.05, 0.1) is 11.3 Å². The van der Waals surface area contributed by atoms with Crippen LogP contribution in [0.3, 0.4) is 0 Å². The number of aliphatic hydroxyl groups is 1. The Bertz CT molecular complexity index is 704. The summed E-state index contributed by atoms with van der Waals surface area (Å²) >= 11 is 0. The van der Waals surface area contributed by atoms with Crippen molar-refractivity contribution < 1.29 is 14.7 Å². The molecule has 5 heteroatoms. The summed E-state index contributed by atoms with van der Waals surface area (Å²) in [5, 5.41) is 19.2. The van der Waals surface area contributed by atoms with Gasteiger partial charge in [0.2, 0.25) is 0 Å². The molecule has 4 aliphatic rings. The third-order valence-corrected chi connectivity index (χ3v) is 9.01. The number of nitrogens with zero attached hydrogens (tertiary/aromatic N) is 1. The fourth-order valence-corrected chi connectivity index (χ4v) is 7.17. The summed E-state index contributed by atoms with van der Waals surface area (Å²) in [6, 6.07) is 0. The van der Waals surface area contributed by atoms with Gasteiger partial charge in [-0.05, 0) is 68.9 Å². The van der Waals surface area contributed by atoms with Crippen LogP contribution >= 0.6 is 0 Å². The number of oxime groups is 1. The summed E-state index contributed by atoms with van der Waals surface area (Å²) in [6.45, 7) is 10.1. The highest BCUT2D eigenvalue weighted by Gasteiger charge is 2.65. The highest BCUT2D eigenvalue weighted by atomic mass is 16.6. The zero-order valence-corrected chi connectivity index (χ0v) is 17.7. The number of ketones is 1. The van der Waals surface area contributed by atoms with Crippen LogP contribution in [0.2, 0.25) is 0 Å². The van der Waals surface area contributed by atoms with E-state index in [1.807, 2.05) is 7.05 Å². The van der Waals surface area contributed by atoms with E-state index in [0.717, 1.165) is 62.8 Å². The molecule has 0 saturated heterocycles. The predicted molar refractivity (Wildman–Crippen MR) is 110 cm³/mol. The van der Waals surface area contributed by atoms with Gasteiger partial charge in [0.25, 0.3) is 0 Å². The highest BCUT2D eigenvalue weighted by molar-refractivity contribution is 5.88. The molecular formula is C23H36N2O3. The maximum absolute atomic E-state index is 12.6. The molecule has 0 radical (unpaired) electrons. The van der Waals surface area contributed by atoms with Crippen molar-refractivity contribution in [2.45, 2.75) is 70.8 Å². The summed E-state index contributed by atoms with van der Waals surface area (Å²) in [5.41, 5.74) is 0.656. The lowest BCUT2D eigenvalue weighted by atomic mass is 9.43. The van der Waals surface area contributed by atoms with Gasteiger partial charge in [-0.15, -0.1) is 0 Å². The smallest absolute Gasteiger partial charge is 0.139 e. The Hall–Kier alpha value is -1.20. The molecule has 28 heavy (non-hydrogen) atoms. The molecule has 0 spiro atoms. The average molecular weight is 389 g/mol. The number of hydrogen-bond acceptors (Lipinski definition) is 5. The zero-order valence-electron chi connectivity index (χ0n) is 17.7. The Morgan fingerprint density at radius 2 is 2.04 bits per heavy atom. The third kappa shape index (κ3) is 2.72. The minimum Gasteiger partial charge on any atom is -0.394 e. The highest BCUT2D eigenvalue weighted by Crippen LogP contribution is 2.67. The van der Waals surface area contributed by atoms with Crippen LogP contribution in [-0.4, -0.2) is 42.4 Å². The number of hydrogen-bond donors (Lipinski definition) is 2. The molecule has 0 bridgehead atoms. The number of nitrogens with one attached hydrogen (secondary N) is 1. The molecule has 5 nitrogen and oxygen atoms in total. The van der Waals surface area contributed by atoms with E-state index in [0.29, 0.717) is 36.6 Å². The molecule has 0 unspecified atom stereocenters. The van der Waals surface area contributed by atoms with Crippen LogP contribution in [0.25, 0.3) is 0 Å². The summed E-state index contributed by atoms with van der Waals surface area (Å²) in [4.78, 5) is 18.0. The first-order chi connectivity index (χ1) is 13.3. The molecule has 4 aliphatic carbocycles. The second kappa shape index (κ2) is 6.94. The first-order valence-corrected chi connectivity index (χ1v) is 11.0. The summed E-state index contributed by atoms with van der Waals surface area (Å²) < 4.78 is 0. The first kappa shape index (κ1) is 20.1. The molecule has 156 valence electrons. The quantitative estimate of drug-likeness (QED) is 0.439. The third-order valence-electron chi connectivity index (χ3n) is 9.01. The van der Waals surface area contributed by atoms with E-state index in [2.05, 4.69) is 30.9 Å². The Balaban J connectivity index is 1.58. The van der Waals surface area contributed by atoms with Crippen molar-refractivity contribution in [3.63, 3.8) is 0 Å². The van der Waals surface area contributed by atoms with Gasteiger partial charge < -0.3 is 15.3 Å². The van der Waals surface area contributed by atoms with E-state index >= 15 is 0 Å². The minimum atomic E-state index is -0.909. The molecule has 0 amide bonds. The van der Waals surface area contributed by atoms with Crippen LogP contribution in [0.1, 0.15) is 65.2 Å². The number of carbonyl (C=O) groups is 1. The topological polar surface area (TPSA) is 70.9 Å². The van der Waals surface area contributed by atoms with Gasteiger partial charge in [-0.1, -0.05) is 25.6 Å². The maximum atomic E-state index is 12.6. The Kier molecular flexibility index (Phi) is 4.98. The van der Waals surface area contributed by atoms with Crippen LogP contribution in [-0.2, 0) is 9.63 Å². The predicted octanol–water partition coefficient (Wildman–Crippen LogP) is 3.47. The summed E-state index contributed by atoms with van der Waals surface area (Å²) in [6.07, 6.45) is 6.93. The lowest BCUT2D eigenvalue weighted by molar-refractivity contribution is -0.161. The maximum Gasteiger partial charge on any atom is 0.139 e. The molecule has 0 aromatic carbocycles. The van der Waals surface area contributed by atoms with Crippen molar-refractivity contribution in [3.8, 4) is 0 Å². The molecule has 6 atom stereocenters. The second-order valence-corrected chi connectivity index (χ2v) is 10.2. The van der Waals surface area contributed by atoms with Crippen molar-refractivity contribution in [2.24, 2.45) is 33.7 Å².